The highest BCUT2D eigenvalue weighted by molar-refractivity contribution is 5.94. The number of carbonyl (C=O) groups excluding carboxylic acids is 1. The van der Waals surface area contributed by atoms with Gasteiger partial charge in [-0.05, 0) is 50.8 Å². The highest BCUT2D eigenvalue weighted by Gasteiger charge is 2.25. The van der Waals surface area contributed by atoms with E-state index in [0.29, 0.717) is 37.8 Å². The number of ether oxygens (including phenoxy) is 1. The molecule has 0 radical (unpaired) electrons. The van der Waals surface area contributed by atoms with Crippen molar-refractivity contribution < 1.29 is 9.53 Å². The van der Waals surface area contributed by atoms with Crippen LogP contribution in [-0.2, 0) is 24.2 Å². The normalized spacial score (nSPS) is 20.3. The summed E-state index contributed by atoms with van der Waals surface area (Å²) < 4.78 is 7.41. The van der Waals surface area contributed by atoms with Gasteiger partial charge in [0.25, 0.3) is 5.91 Å². The Kier molecular flexibility index (Phi) is 6.25. The van der Waals surface area contributed by atoms with Crippen LogP contribution >= 0.6 is 0 Å². The van der Waals surface area contributed by atoms with Gasteiger partial charge in [-0.2, -0.15) is 5.10 Å². The molecule has 0 aromatic carbocycles. The Morgan fingerprint density at radius 2 is 2.03 bits per heavy atom. The lowest BCUT2D eigenvalue weighted by Crippen LogP contribution is -2.40. The Morgan fingerprint density at radius 3 is 2.79 bits per heavy atom. The fourth-order valence-corrected chi connectivity index (χ4v) is 4.42. The summed E-state index contributed by atoms with van der Waals surface area (Å²) in [7, 11) is 0. The molecule has 29 heavy (non-hydrogen) atoms. The molecule has 7 nitrogen and oxygen atoms in total. The number of morpholine rings is 1. The topological polar surface area (TPSA) is 63.5 Å². The monoisotopic (exact) mass is 397 g/mol. The van der Waals surface area contributed by atoms with Crippen molar-refractivity contribution in [1.29, 1.82) is 0 Å². The maximum atomic E-state index is 12.7. The van der Waals surface area contributed by atoms with Gasteiger partial charge in [0.05, 0.1) is 25.0 Å². The molecule has 2 aliphatic heterocycles. The molecule has 1 atom stereocenters. The number of amides is 1. The van der Waals surface area contributed by atoms with Gasteiger partial charge in [0, 0.05) is 56.4 Å². The average Bonchev–Trinajstić information content (AvgIpc) is 3.34. The molecular formula is C22H31N5O2. The lowest BCUT2D eigenvalue weighted by atomic mass is 9.99. The fraction of sp³-hybridized carbons (Fsp3) is 0.591. The highest BCUT2D eigenvalue weighted by Crippen LogP contribution is 2.23. The van der Waals surface area contributed by atoms with Crippen LogP contribution in [0.25, 0.3) is 0 Å². The van der Waals surface area contributed by atoms with Crippen molar-refractivity contribution in [2.24, 2.45) is 5.92 Å². The average molecular weight is 398 g/mol. The second-order valence-corrected chi connectivity index (χ2v) is 8.15. The van der Waals surface area contributed by atoms with Gasteiger partial charge in [0.1, 0.15) is 0 Å². The highest BCUT2D eigenvalue weighted by atomic mass is 16.5. The van der Waals surface area contributed by atoms with Crippen LogP contribution in [0.2, 0.25) is 0 Å². The van der Waals surface area contributed by atoms with E-state index >= 15 is 0 Å². The van der Waals surface area contributed by atoms with Crippen molar-refractivity contribution in [2.45, 2.75) is 39.8 Å². The molecule has 2 aromatic rings. The van der Waals surface area contributed by atoms with Gasteiger partial charge >= 0.3 is 0 Å². The molecule has 0 saturated carbocycles. The van der Waals surface area contributed by atoms with Crippen LogP contribution in [0.1, 0.15) is 40.5 Å². The Bertz CT molecular complexity index is 843. The van der Waals surface area contributed by atoms with E-state index < -0.39 is 0 Å². The van der Waals surface area contributed by atoms with E-state index in [2.05, 4.69) is 33.5 Å². The van der Waals surface area contributed by atoms with Crippen LogP contribution in [0.3, 0.4) is 0 Å². The third-order valence-electron chi connectivity index (χ3n) is 6.13. The zero-order chi connectivity index (χ0) is 20.2. The standard InChI is InChI=1S/C22H31N5O2/c1-3-27-17(2)21(14-24-27)16-25-5-4-18(15-25)10-19-11-20(13-23-12-19)22(28)26-6-8-29-9-7-26/h11-14,18H,3-10,15-16H2,1-2H3. The first-order chi connectivity index (χ1) is 14.1. The summed E-state index contributed by atoms with van der Waals surface area (Å²) in [6, 6.07) is 2.03. The van der Waals surface area contributed by atoms with Crippen LogP contribution < -0.4 is 0 Å². The number of hydrogen-bond donors (Lipinski definition) is 0. The van der Waals surface area contributed by atoms with Crippen LogP contribution in [0.15, 0.2) is 24.7 Å². The predicted molar refractivity (Wildman–Crippen MR) is 111 cm³/mol. The molecular weight excluding hydrogens is 366 g/mol. The number of aryl methyl sites for hydroxylation is 1. The molecule has 2 fully saturated rings. The van der Waals surface area contributed by atoms with Crippen molar-refractivity contribution in [1.82, 2.24) is 24.6 Å². The third-order valence-corrected chi connectivity index (χ3v) is 6.13. The maximum Gasteiger partial charge on any atom is 0.255 e. The van der Waals surface area contributed by atoms with Gasteiger partial charge in [-0.25, -0.2) is 0 Å². The van der Waals surface area contributed by atoms with Crippen molar-refractivity contribution >= 4 is 5.91 Å². The van der Waals surface area contributed by atoms with Crippen LogP contribution in [-0.4, -0.2) is 69.9 Å². The van der Waals surface area contributed by atoms with Crippen LogP contribution in [0.4, 0.5) is 0 Å². The Balaban J connectivity index is 1.34. The van der Waals surface area contributed by atoms with Gasteiger partial charge < -0.3 is 9.64 Å². The van der Waals surface area contributed by atoms with Gasteiger partial charge in [0.15, 0.2) is 0 Å². The van der Waals surface area contributed by atoms with E-state index in [4.69, 9.17) is 4.74 Å². The van der Waals surface area contributed by atoms with E-state index in [1.54, 1.807) is 6.20 Å². The molecule has 0 N–H and O–H groups in total. The lowest BCUT2D eigenvalue weighted by Gasteiger charge is -2.26. The van der Waals surface area contributed by atoms with Crippen molar-refractivity contribution in [3.8, 4) is 0 Å². The first-order valence-corrected chi connectivity index (χ1v) is 10.7. The van der Waals surface area contributed by atoms with Gasteiger partial charge in [-0.3, -0.25) is 19.4 Å². The number of likely N-dealkylation sites (tertiary alicyclic amines) is 1. The van der Waals surface area contributed by atoms with E-state index in [-0.39, 0.29) is 5.91 Å². The minimum Gasteiger partial charge on any atom is -0.378 e. The predicted octanol–water partition coefficient (Wildman–Crippen LogP) is 2.14. The van der Waals surface area contributed by atoms with Crippen molar-refractivity contribution in [2.75, 3.05) is 39.4 Å². The quantitative estimate of drug-likeness (QED) is 0.747. The van der Waals surface area contributed by atoms with Gasteiger partial charge in [-0.1, -0.05) is 0 Å². The van der Waals surface area contributed by atoms with Crippen LogP contribution in [0.5, 0.6) is 0 Å². The van der Waals surface area contributed by atoms with E-state index in [0.717, 1.165) is 38.2 Å². The molecule has 1 unspecified atom stereocenters. The minimum absolute atomic E-state index is 0.0686. The summed E-state index contributed by atoms with van der Waals surface area (Å²) in [6.07, 6.45) is 7.77. The Labute approximate surface area is 172 Å². The Hall–Kier alpha value is -2.25. The summed E-state index contributed by atoms with van der Waals surface area (Å²) in [5.41, 5.74) is 4.45. The summed E-state index contributed by atoms with van der Waals surface area (Å²) in [5.74, 6) is 0.672. The molecule has 4 rings (SSSR count). The van der Waals surface area contributed by atoms with E-state index in [9.17, 15) is 4.79 Å². The number of nitrogens with zero attached hydrogens (tertiary/aromatic N) is 5. The first-order valence-electron chi connectivity index (χ1n) is 10.7. The molecule has 7 heteroatoms. The summed E-state index contributed by atoms with van der Waals surface area (Å²) >= 11 is 0. The van der Waals surface area contributed by atoms with Gasteiger partial charge in [0.2, 0.25) is 0 Å². The molecule has 4 heterocycles. The number of pyridine rings is 1. The molecule has 0 bridgehead atoms. The molecule has 1 amide bonds. The molecule has 2 aliphatic rings. The number of aromatic nitrogens is 3. The van der Waals surface area contributed by atoms with E-state index in [1.165, 1.54) is 17.7 Å². The summed E-state index contributed by atoms with van der Waals surface area (Å²) in [5, 5.41) is 4.47. The second kappa shape index (κ2) is 9.05. The molecule has 0 spiro atoms. The molecule has 156 valence electrons. The number of hydrogen-bond acceptors (Lipinski definition) is 5. The van der Waals surface area contributed by atoms with Crippen molar-refractivity contribution in [3.63, 3.8) is 0 Å². The lowest BCUT2D eigenvalue weighted by molar-refractivity contribution is 0.0302. The molecule has 2 aromatic heterocycles. The molecule has 0 aliphatic carbocycles. The van der Waals surface area contributed by atoms with Crippen molar-refractivity contribution in [3.05, 3.63) is 47.0 Å². The zero-order valence-electron chi connectivity index (χ0n) is 17.5. The number of rotatable bonds is 6. The second-order valence-electron chi connectivity index (χ2n) is 8.15. The minimum atomic E-state index is 0.0686. The smallest absolute Gasteiger partial charge is 0.255 e. The zero-order valence-corrected chi connectivity index (χ0v) is 17.5. The van der Waals surface area contributed by atoms with Crippen LogP contribution in [0, 0.1) is 12.8 Å². The van der Waals surface area contributed by atoms with Gasteiger partial charge in [-0.15, -0.1) is 0 Å². The summed E-state index contributed by atoms with van der Waals surface area (Å²) in [4.78, 5) is 21.4. The largest absolute Gasteiger partial charge is 0.378 e. The summed E-state index contributed by atoms with van der Waals surface area (Å²) in [6.45, 7) is 10.9. The fourth-order valence-electron chi connectivity index (χ4n) is 4.42. The SMILES string of the molecule is CCn1ncc(CN2CCC(Cc3cncc(C(=O)N4CCOCC4)c3)C2)c1C. The Morgan fingerprint density at radius 1 is 1.21 bits per heavy atom. The molecule has 2 saturated heterocycles. The van der Waals surface area contributed by atoms with E-state index in [1.807, 2.05) is 23.4 Å². The third kappa shape index (κ3) is 4.67. The first kappa shape index (κ1) is 20.0. The maximum absolute atomic E-state index is 12.7. The number of carbonyl (C=O) groups is 1.